The molecule has 2 heterocycles. The quantitative estimate of drug-likeness (QED) is 0.474. The third-order valence-corrected chi connectivity index (χ3v) is 5.50. The Hall–Kier alpha value is -3.58. The number of thiazole rings is 1. The molecular weight excluding hydrogens is 398 g/mol. The first-order valence-electron chi connectivity index (χ1n) is 9.37. The molecule has 1 N–H and O–H groups in total. The normalized spacial score (nSPS) is 10.7. The summed E-state index contributed by atoms with van der Waals surface area (Å²) in [6.07, 6.45) is 2.46. The van der Waals surface area contributed by atoms with E-state index in [1.165, 1.54) is 18.9 Å². The van der Waals surface area contributed by atoms with E-state index in [2.05, 4.69) is 27.4 Å². The van der Waals surface area contributed by atoms with Gasteiger partial charge in [-0.3, -0.25) is 4.79 Å². The first-order valence-corrected chi connectivity index (χ1v) is 10.2. The molecule has 1 amide bonds. The van der Waals surface area contributed by atoms with Crippen LogP contribution in [0.15, 0.2) is 66.2 Å². The van der Waals surface area contributed by atoms with Gasteiger partial charge in [0.05, 0.1) is 24.2 Å². The molecule has 7 heteroatoms. The van der Waals surface area contributed by atoms with E-state index in [0.717, 1.165) is 22.5 Å². The zero-order valence-electron chi connectivity index (χ0n) is 16.3. The molecule has 0 aliphatic rings. The highest BCUT2D eigenvalue weighted by molar-refractivity contribution is 7.09. The summed E-state index contributed by atoms with van der Waals surface area (Å²) < 4.78 is 4.79. The fourth-order valence-corrected chi connectivity index (χ4v) is 4.04. The van der Waals surface area contributed by atoms with Crippen LogP contribution in [-0.4, -0.2) is 29.0 Å². The molecule has 0 atom stereocenters. The molecule has 0 saturated heterocycles. The number of nitrogens with zero attached hydrogens (tertiary/aromatic N) is 2. The number of carbonyl (C=O) groups excluding carboxylic acids is 2. The number of hydrogen-bond acceptors (Lipinski definition) is 6. The molecule has 0 radical (unpaired) electrons. The third kappa shape index (κ3) is 4.36. The zero-order valence-corrected chi connectivity index (χ0v) is 17.1. The predicted molar refractivity (Wildman–Crippen MR) is 117 cm³/mol. The van der Waals surface area contributed by atoms with Gasteiger partial charge in [-0.1, -0.05) is 42.5 Å². The van der Waals surface area contributed by atoms with Crippen LogP contribution in [-0.2, 0) is 22.4 Å². The number of ether oxygens (including phenoxy) is 1. The highest BCUT2D eigenvalue weighted by Gasteiger charge is 2.15. The van der Waals surface area contributed by atoms with E-state index < -0.39 is 5.97 Å². The molecule has 0 fully saturated rings. The lowest BCUT2D eigenvalue weighted by atomic mass is 10.1. The van der Waals surface area contributed by atoms with Gasteiger partial charge in [0.25, 0.3) is 0 Å². The van der Waals surface area contributed by atoms with Crippen molar-refractivity contribution in [3.8, 4) is 0 Å². The molecule has 0 spiro atoms. The Balaban J connectivity index is 1.48. The van der Waals surface area contributed by atoms with Gasteiger partial charge >= 0.3 is 5.97 Å². The Morgan fingerprint density at radius 1 is 1.03 bits per heavy atom. The maximum absolute atomic E-state index is 12.6. The topological polar surface area (TPSA) is 81.2 Å². The van der Waals surface area contributed by atoms with Crippen LogP contribution in [0.5, 0.6) is 0 Å². The lowest BCUT2D eigenvalue weighted by Crippen LogP contribution is -2.15. The third-order valence-electron chi connectivity index (χ3n) is 4.60. The Kier molecular flexibility index (Phi) is 5.81. The number of amides is 1. The second-order valence-electron chi connectivity index (χ2n) is 6.67. The molecule has 0 aliphatic carbocycles. The summed E-state index contributed by atoms with van der Waals surface area (Å²) in [6.45, 7) is 0. The number of pyridine rings is 1. The summed E-state index contributed by atoms with van der Waals surface area (Å²) in [4.78, 5) is 33.3. The van der Waals surface area contributed by atoms with E-state index >= 15 is 0 Å². The first kappa shape index (κ1) is 19.7. The van der Waals surface area contributed by atoms with Gasteiger partial charge < -0.3 is 10.1 Å². The number of benzene rings is 2. The number of hydrogen-bond donors (Lipinski definition) is 1. The average Bonchev–Trinajstić information content (AvgIpc) is 3.20. The van der Waals surface area contributed by atoms with Gasteiger partial charge in [0, 0.05) is 34.5 Å². The molecule has 0 saturated carbocycles. The van der Waals surface area contributed by atoms with Crippen LogP contribution in [0.4, 0.5) is 5.69 Å². The van der Waals surface area contributed by atoms with Crippen LogP contribution in [0.3, 0.4) is 0 Å². The highest BCUT2D eigenvalue weighted by Crippen LogP contribution is 2.25. The van der Waals surface area contributed by atoms with Gasteiger partial charge in [-0.2, -0.15) is 0 Å². The Morgan fingerprint density at radius 3 is 2.67 bits per heavy atom. The van der Waals surface area contributed by atoms with Crippen LogP contribution < -0.4 is 5.32 Å². The van der Waals surface area contributed by atoms with Gasteiger partial charge in [0.1, 0.15) is 0 Å². The summed E-state index contributed by atoms with van der Waals surface area (Å²) >= 11 is 1.55. The van der Waals surface area contributed by atoms with Crippen molar-refractivity contribution in [2.75, 3.05) is 12.4 Å². The Morgan fingerprint density at radius 2 is 1.87 bits per heavy atom. The molecule has 2 aromatic heterocycles. The minimum atomic E-state index is -0.516. The van der Waals surface area contributed by atoms with E-state index in [-0.39, 0.29) is 18.0 Å². The average molecular weight is 417 g/mol. The number of methoxy groups -OCH3 is 1. The number of esters is 1. The molecule has 0 bridgehead atoms. The van der Waals surface area contributed by atoms with Crippen LogP contribution in [0.1, 0.15) is 26.8 Å². The lowest BCUT2D eigenvalue weighted by molar-refractivity contribution is -0.115. The van der Waals surface area contributed by atoms with Crippen LogP contribution in [0, 0.1) is 0 Å². The van der Waals surface area contributed by atoms with Crippen molar-refractivity contribution in [1.82, 2.24) is 9.97 Å². The van der Waals surface area contributed by atoms with Crippen molar-refractivity contribution in [2.24, 2.45) is 0 Å². The molecule has 0 aliphatic heterocycles. The highest BCUT2D eigenvalue weighted by atomic mass is 32.1. The number of carbonyl (C=O) groups is 2. The van der Waals surface area contributed by atoms with Crippen molar-refractivity contribution in [3.63, 3.8) is 0 Å². The molecule has 0 unspecified atom stereocenters. The second kappa shape index (κ2) is 8.84. The maximum Gasteiger partial charge on any atom is 0.357 e. The zero-order chi connectivity index (χ0) is 20.9. The summed E-state index contributed by atoms with van der Waals surface area (Å²) in [6, 6.07) is 17.2. The minimum Gasteiger partial charge on any atom is -0.464 e. The van der Waals surface area contributed by atoms with Gasteiger partial charge in [0.15, 0.2) is 5.69 Å². The van der Waals surface area contributed by atoms with E-state index in [4.69, 9.17) is 4.74 Å². The van der Waals surface area contributed by atoms with Gasteiger partial charge in [-0.15, -0.1) is 11.3 Å². The van der Waals surface area contributed by atoms with Crippen LogP contribution in [0.25, 0.3) is 10.8 Å². The van der Waals surface area contributed by atoms with Crippen LogP contribution >= 0.6 is 11.3 Å². The molecule has 150 valence electrons. The molecular formula is C23H19N3O3S. The summed E-state index contributed by atoms with van der Waals surface area (Å²) in [5, 5.41) is 7.17. The van der Waals surface area contributed by atoms with Gasteiger partial charge in [0.2, 0.25) is 5.91 Å². The SMILES string of the molecule is COC(=O)c1nccc2c(NC(=O)Cc3csc(Cc4ccccc4)n3)cccc12. The molecule has 4 aromatic rings. The van der Waals surface area contributed by atoms with E-state index in [1.807, 2.05) is 23.6 Å². The van der Waals surface area contributed by atoms with E-state index in [9.17, 15) is 9.59 Å². The smallest absolute Gasteiger partial charge is 0.357 e. The van der Waals surface area contributed by atoms with Gasteiger partial charge in [-0.25, -0.2) is 14.8 Å². The second-order valence-corrected chi connectivity index (χ2v) is 7.61. The number of fused-ring (bicyclic) bond motifs is 1. The van der Waals surface area contributed by atoms with Crippen molar-refractivity contribution >= 4 is 39.7 Å². The minimum absolute atomic E-state index is 0.171. The molecule has 6 nitrogen and oxygen atoms in total. The van der Waals surface area contributed by atoms with Gasteiger partial charge in [-0.05, 0) is 17.7 Å². The van der Waals surface area contributed by atoms with E-state index in [0.29, 0.717) is 11.1 Å². The molecule has 4 rings (SSSR count). The molecule has 2 aromatic carbocycles. The van der Waals surface area contributed by atoms with Crippen molar-refractivity contribution in [2.45, 2.75) is 12.8 Å². The monoisotopic (exact) mass is 417 g/mol. The standard InChI is InChI=1S/C23H19N3O3S/c1-29-23(28)22-18-8-5-9-19(17(18)10-11-24-22)26-20(27)13-16-14-30-21(25-16)12-15-6-3-2-4-7-15/h2-11,14H,12-13H2,1H3,(H,26,27). The maximum atomic E-state index is 12.6. The number of aromatic nitrogens is 2. The van der Waals surface area contributed by atoms with Crippen molar-refractivity contribution in [1.29, 1.82) is 0 Å². The lowest BCUT2D eigenvalue weighted by Gasteiger charge is -2.10. The van der Waals surface area contributed by atoms with Crippen molar-refractivity contribution < 1.29 is 14.3 Å². The number of anilines is 1. The number of rotatable bonds is 6. The summed E-state index contributed by atoms with van der Waals surface area (Å²) in [5.74, 6) is -0.687. The predicted octanol–water partition coefficient (Wildman–Crippen LogP) is 4.25. The van der Waals surface area contributed by atoms with Crippen molar-refractivity contribution in [3.05, 3.63) is 88.1 Å². The number of nitrogens with one attached hydrogen (secondary N) is 1. The Labute approximate surface area is 177 Å². The van der Waals surface area contributed by atoms with Crippen LogP contribution in [0.2, 0.25) is 0 Å². The fraction of sp³-hybridized carbons (Fsp3) is 0.130. The Bertz CT molecular complexity index is 1200. The largest absolute Gasteiger partial charge is 0.464 e. The first-order chi connectivity index (χ1) is 14.6. The summed E-state index contributed by atoms with van der Waals surface area (Å²) in [5.41, 5.74) is 2.76. The molecule has 30 heavy (non-hydrogen) atoms. The summed E-state index contributed by atoms with van der Waals surface area (Å²) in [7, 11) is 1.31. The fourth-order valence-electron chi connectivity index (χ4n) is 3.22. The van der Waals surface area contributed by atoms with E-state index in [1.54, 1.807) is 35.6 Å².